The first-order valence-corrected chi connectivity index (χ1v) is 10.6. The highest BCUT2D eigenvalue weighted by Gasteiger charge is 2.44. The number of piperazine rings is 1. The molecule has 3 fully saturated rings. The largest absolute Gasteiger partial charge is 0.448 e. The number of anilines is 1. The van der Waals surface area contributed by atoms with E-state index in [4.69, 9.17) is 14.2 Å². The number of hydrogen-bond donors (Lipinski definition) is 1. The first-order valence-electron chi connectivity index (χ1n) is 10.6. The van der Waals surface area contributed by atoms with Crippen LogP contribution in [0.3, 0.4) is 0 Å². The highest BCUT2D eigenvalue weighted by atomic mass is 16.7. The van der Waals surface area contributed by atoms with Crippen molar-refractivity contribution in [3.8, 4) is 11.5 Å². The van der Waals surface area contributed by atoms with Gasteiger partial charge < -0.3 is 29.3 Å². The minimum Gasteiger partial charge on any atom is -0.448 e. The molecule has 0 bridgehead atoms. The zero-order valence-electron chi connectivity index (χ0n) is 16.5. The third-order valence-electron chi connectivity index (χ3n) is 6.24. The number of fused-ring (bicyclic) bond motifs is 1. The van der Waals surface area contributed by atoms with Gasteiger partial charge in [0.1, 0.15) is 6.10 Å². The second-order valence-corrected chi connectivity index (χ2v) is 8.23. The van der Waals surface area contributed by atoms with Gasteiger partial charge in [-0.25, -0.2) is 4.79 Å². The number of carbonyl (C=O) groups is 2. The molecule has 1 N–H and O–H groups in total. The summed E-state index contributed by atoms with van der Waals surface area (Å²) in [5, 5.41) is 2.94. The van der Waals surface area contributed by atoms with E-state index >= 15 is 0 Å². The molecule has 1 unspecified atom stereocenters. The zero-order chi connectivity index (χ0) is 19.8. The van der Waals surface area contributed by atoms with Gasteiger partial charge in [-0.1, -0.05) is 0 Å². The van der Waals surface area contributed by atoms with E-state index in [9.17, 15) is 9.59 Å². The SMILES string of the molecule is O=C(Nc1ccc2c(c1)OC1(CCCC1)O2)N1CCN(C(=O)C2CCCO2)CC1. The fraction of sp³-hybridized carbons (Fsp3) is 0.619. The maximum absolute atomic E-state index is 12.7. The Labute approximate surface area is 170 Å². The lowest BCUT2D eigenvalue weighted by Crippen LogP contribution is -2.53. The summed E-state index contributed by atoms with van der Waals surface area (Å²) in [5.41, 5.74) is 0.685. The molecule has 2 saturated heterocycles. The van der Waals surface area contributed by atoms with Crippen LogP contribution in [-0.2, 0) is 9.53 Å². The van der Waals surface area contributed by atoms with Gasteiger partial charge in [0.15, 0.2) is 11.5 Å². The third-order valence-corrected chi connectivity index (χ3v) is 6.24. The van der Waals surface area contributed by atoms with Crippen molar-refractivity contribution in [2.24, 2.45) is 0 Å². The Kier molecular flexibility index (Phi) is 4.73. The third kappa shape index (κ3) is 3.61. The number of nitrogens with one attached hydrogen (secondary N) is 1. The molecule has 156 valence electrons. The molecule has 1 atom stereocenters. The van der Waals surface area contributed by atoms with Crippen LogP contribution in [0.5, 0.6) is 11.5 Å². The van der Waals surface area contributed by atoms with Crippen LogP contribution in [0.25, 0.3) is 0 Å². The lowest BCUT2D eigenvalue weighted by molar-refractivity contribution is -0.142. The predicted octanol–water partition coefficient (Wildman–Crippen LogP) is 2.58. The predicted molar refractivity (Wildman–Crippen MR) is 105 cm³/mol. The summed E-state index contributed by atoms with van der Waals surface area (Å²) in [7, 11) is 0. The number of ether oxygens (including phenoxy) is 3. The van der Waals surface area contributed by atoms with E-state index in [0.29, 0.717) is 44.2 Å². The van der Waals surface area contributed by atoms with Gasteiger partial charge in [-0.2, -0.15) is 0 Å². The first-order chi connectivity index (χ1) is 14.1. The number of hydrogen-bond acceptors (Lipinski definition) is 5. The van der Waals surface area contributed by atoms with Gasteiger partial charge in [0.05, 0.1) is 0 Å². The van der Waals surface area contributed by atoms with Crippen LogP contribution in [0, 0.1) is 0 Å². The molecule has 5 rings (SSSR count). The van der Waals surface area contributed by atoms with Crippen molar-refractivity contribution in [2.75, 3.05) is 38.1 Å². The Balaban J connectivity index is 1.15. The summed E-state index contributed by atoms with van der Waals surface area (Å²) in [5.74, 6) is 0.985. The molecule has 8 nitrogen and oxygen atoms in total. The van der Waals surface area contributed by atoms with Gasteiger partial charge in [-0.3, -0.25) is 4.79 Å². The number of rotatable bonds is 2. The van der Waals surface area contributed by atoms with Gasteiger partial charge in [0.2, 0.25) is 0 Å². The molecule has 8 heteroatoms. The highest BCUT2D eigenvalue weighted by molar-refractivity contribution is 5.90. The van der Waals surface area contributed by atoms with Crippen molar-refractivity contribution in [3.63, 3.8) is 0 Å². The summed E-state index contributed by atoms with van der Waals surface area (Å²) >= 11 is 0. The monoisotopic (exact) mass is 401 g/mol. The number of amides is 3. The molecule has 3 aliphatic heterocycles. The van der Waals surface area contributed by atoms with Crippen LogP contribution in [0.15, 0.2) is 18.2 Å². The number of benzene rings is 1. The fourth-order valence-corrected chi connectivity index (χ4v) is 4.60. The molecule has 0 aromatic heterocycles. The normalized spacial score (nSPS) is 24.9. The van der Waals surface area contributed by atoms with Crippen LogP contribution >= 0.6 is 0 Å². The average Bonchev–Trinajstić information content (AvgIpc) is 3.48. The minimum atomic E-state index is -0.503. The summed E-state index contributed by atoms with van der Waals surface area (Å²) in [4.78, 5) is 28.6. The standard InChI is InChI=1S/C21H27N3O5/c25-19(17-4-3-13-27-17)23-9-11-24(12-10-23)20(26)22-15-5-6-16-18(14-15)29-21(28-16)7-1-2-8-21/h5-6,14,17H,1-4,7-13H2,(H,22,26). The quantitative estimate of drug-likeness (QED) is 0.824. The van der Waals surface area contributed by atoms with Gasteiger partial charge in [0, 0.05) is 57.4 Å². The molecule has 1 spiro atoms. The molecule has 1 saturated carbocycles. The topological polar surface area (TPSA) is 80.3 Å². The van der Waals surface area contributed by atoms with Gasteiger partial charge in [0.25, 0.3) is 11.7 Å². The summed E-state index contributed by atoms with van der Waals surface area (Å²) < 4.78 is 17.6. The van der Waals surface area contributed by atoms with E-state index in [-0.39, 0.29) is 18.0 Å². The summed E-state index contributed by atoms with van der Waals surface area (Å²) in [6.45, 7) is 2.76. The van der Waals surface area contributed by atoms with Crippen LogP contribution in [0.1, 0.15) is 38.5 Å². The minimum absolute atomic E-state index is 0.0548. The zero-order valence-corrected chi connectivity index (χ0v) is 16.5. The van der Waals surface area contributed by atoms with Gasteiger partial charge in [-0.05, 0) is 37.8 Å². The Morgan fingerprint density at radius 1 is 0.966 bits per heavy atom. The van der Waals surface area contributed by atoms with E-state index in [0.717, 1.165) is 44.3 Å². The van der Waals surface area contributed by atoms with Crippen LogP contribution in [0.2, 0.25) is 0 Å². The molecule has 1 aliphatic carbocycles. The molecular formula is C21H27N3O5. The van der Waals surface area contributed by atoms with Crippen molar-refractivity contribution in [3.05, 3.63) is 18.2 Å². The van der Waals surface area contributed by atoms with E-state index in [1.165, 1.54) is 0 Å². The van der Waals surface area contributed by atoms with Crippen molar-refractivity contribution >= 4 is 17.6 Å². The molecule has 3 heterocycles. The maximum atomic E-state index is 12.7. The lowest BCUT2D eigenvalue weighted by atomic mass is 10.2. The molecule has 3 amide bonds. The second kappa shape index (κ2) is 7.40. The summed E-state index contributed by atoms with van der Waals surface area (Å²) in [6.07, 6.45) is 5.46. The van der Waals surface area contributed by atoms with Gasteiger partial charge in [-0.15, -0.1) is 0 Å². The van der Waals surface area contributed by atoms with Gasteiger partial charge >= 0.3 is 6.03 Å². The van der Waals surface area contributed by atoms with Crippen LogP contribution < -0.4 is 14.8 Å². The number of urea groups is 1. The molecule has 1 aromatic rings. The maximum Gasteiger partial charge on any atom is 0.321 e. The Bertz CT molecular complexity index is 794. The van der Waals surface area contributed by atoms with Crippen molar-refractivity contribution in [2.45, 2.75) is 50.4 Å². The van der Waals surface area contributed by atoms with Crippen LogP contribution in [-0.4, -0.2) is 66.4 Å². The first kappa shape index (κ1) is 18.5. The van der Waals surface area contributed by atoms with E-state index < -0.39 is 5.79 Å². The smallest absolute Gasteiger partial charge is 0.321 e. The molecule has 1 aromatic carbocycles. The second-order valence-electron chi connectivity index (χ2n) is 8.23. The Hall–Kier alpha value is -2.48. The van der Waals surface area contributed by atoms with Crippen molar-refractivity contribution in [1.29, 1.82) is 0 Å². The molecular weight excluding hydrogens is 374 g/mol. The molecule has 29 heavy (non-hydrogen) atoms. The van der Waals surface area contributed by atoms with Crippen molar-refractivity contribution in [1.82, 2.24) is 9.80 Å². The Morgan fingerprint density at radius 2 is 1.69 bits per heavy atom. The number of nitrogens with zero attached hydrogens (tertiary/aromatic N) is 2. The summed E-state index contributed by atoms with van der Waals surface area (Å²) in [6, 6.07) is 5.36. The average molecular weight is 401 g/mol. The molecule has 4 aliphatic rings. The number of carbonyl (C=O) groups excluding carboxylic acids is 2. The van der Waals surface area contributed by atoms with E-state index in [2.05, 4.69) is 5.32 Å². The van der Waals surface area contributed by atoms with Crippen LogP contribution in [0.4, 0.5) is 10.5 Å². The lowest BCUT2D eigenvalue weighted by Gasteiger charge is -2.35. The molecule has 0 radical (unpaired) electrons. The fourth-order valence-electron chi connectivity index (χ4n) is 4.60. The van der Waals surface area contributed by atoms with Crippen molar-refractivity contribution < 1.29 is 23.8 Å². The van der Waals surface area contributed by atoms with E-state index in [1.807, 2.05) is 18.2 Å². The Morgan fingerprint density at radius 3 is 2.41 bits per heavy atom. The van der Waals surface area contributed by atoms with E-state index in [1.54, 1.807) is 9.80 Å². The highest BCUT2D eigenvalue weighted by Crippen LogP contribution is 2.47.